The Hall–Kier alpha value is -2.95. The van der Waals surface area contributed by atoms with Crippen LogP contribution in [0.3, 0.4) is 0 Å². The number of aromatic nitrogens is 2. The highest BCUT2D eigenvalue weighted by Gasteiger charge is 2.07. The number of aryl methyl sites for hydroxylation is 4. The lowest BCUT2D eigenvalue weighted by Gasteiger charge is -2.14. The fraction of sp³-hybridized carbons (Fsp3) is 0.238. The predicted octanol–water partition coefficient (Wildman–Crippen LogP) is 5.21. The standard InChI is InChI=1S/C21H23FN4/c1-13-9-14(2)20(15(3)10-13)25-19-11-16(4)24-21(26-19)23-12-17-5-7-18(22)8-6-17/h5-11H,12H2,1-4H3,(H2,23,24,25,26). The van der Waals surface area contributed by atoms with Crippen molar-refractivity contribution in [2.45, 2.75) is 34.2 Å². The van der Waals surface area contributed by atoms with E-state index < -0.39 is 0 Å². The molecule has 0 radical (unpaired) electrons. The van der Waals surface area contributed by atoms with Crippen molar-refractivity contribution in [2.24, 2.45) is 0 Å². The van der Waals surface area contributed by atoms with Crippen molar-refractivity contribution in [3.05, 3.63) is 76.2 Å². The van der Waals surface area contributed by atoms with Gasteiger partial charge in [-0.3, -0.25) is 0 Å². The number of rotatable bonds is 5. The Morgan fingerprint density at radius 2 is 1.54 bits per heavy atom. The van der Waals surface area contributed by atoms with Crippen LogP contribution in [-0.4, -0.2) is 9.97 Å². The molecule has 5 heteroatoms. The van der Waals surface area contributed by atoms with Gasteiger partial charge in [-0.15, -0.1) is 0 Å². The molecule has 4 nitrogen and oxygen atoms in total. The maximum atomic E-state index is 13.0. The number of anilines is 3. The number of halogens is 1. The van der Waals surface area contributed by atoms with E-state index in [1.165, 1.54) is 28.8 Å². The summed E-state index contributed by atoms with van der Waals surface area (Å²) in [5, 5.41) is 6.61. The summed E-state index contributed by atoms with van der Waals surface area (Å²) < 4.78 is 13.0. The number of nitrogens with one attached hydrogen (secondary N) is 2. The van der Waals surface area contributed by atoms with Crippen LogP contribution in [0, 0.1) is 33.5 Å². The number of benzene rings is 2. The number of hydrogen-bond acceptors (Lipinski definition) is 4. The highest BCUT2D eigenvalue weighted by atomic mass is 19.1. The Balaban J connectivity index is 1.78. The van der Waals surface area contributed by atoms with Crippen molar-refractivity contribution in [1.29, 1.82) is 0 Å². The summed E-state index contributed by atoms with van der Waals surface area (Å²) in [6, 6.07) is 12.6. The zero-order valence-electron chi connectivity index (χ0n) is 15.5. The molecular weight excluding hydrogens is 327 g/mol. The molecule has 0 aliphatic heterocycles. The normalized spacial score (nSPS) is 10.7. The Kier molecular flexibility index (Phi) is 5.16. The Labute approximate surface area is 153 Å². The molecule has 0 aliphatic carbocycles. The minimum absolute atomic E-state index is 0.240. The summed E-state index contributed by atoms with van der Waals surface area (Å²) in [7, 11) is 0. The molecule has 1 aromatic heterocycles. The zero-order chi connectivity index (χ0) is 18.7. The Bertz CT molecular complexity index is 897. The van der Waals surface area contributed by atoms with Crippen LogP contribution in [0.5, 0.6) is 0 Å². The monoisotopic (exact) mass is 350 g/mol. The summed E-state index contributed by atoms with van der Waals surface area (Å²) >= 11 is 0. The molecule has 0 aliphatic rings. The molecule has 1 heterocycles. The molecule has 134 valence electrons. The van der Waals surface area contributed by atoms with E-state index in [4.69, 9.17) is 0 Å². The Morgan fingerprint density at radius 1 is 0.885 bits per heavy atom. The van der Waals surface area contributed by atoms with Crippen LogP contribution >= 0.6 is 0 Å². The number of hydrogen-bond donors (Lipinski definition) is 2. The zero-order valence-corrected chi connectivity index (χ0v) is 15.5. The third kappa shape index (κ3) is 4.36. The maximum absolute atomic E-state index is 13.0. The lowest BCUT2D eigenvalue weighted by molar-refractivity contribution is 0.627. The van der Waals surface area contributed by atoms with Gasteiger partial charge in [0, 0.05) is 24.0 Å². The molecule has 3 rings (SSSR count). The second-order valence-electron chi connectivity index (χ2n) is 6.60. The number of nitrogens with zero attached hydrogens (tertiary/aromatic N) is 2. The first kappa shape index (κ1) is 17.9. The van der Waals surface area contributed by atoms with E-state index in [0.29, 0.717) is 12.5 Å². The third-order valence-electron chi connectivity index (χ3n) is 4.15. The van der Waals surface area contributed by atoms with E-state index in [2.05, 4.69) is 53.5 Å². The van der Waals surface area contributed by atoms with E-state index in [1.54, 1.807) is 12.1 Å². The van der Waals surface area contributed by atoms with Crippen molar-refractivity contribution < 1.29 is 4.39 Å². The van der Waals surface area contributed by atoms with Gasteiger partial charge in [-0.2, -0.15) is 4.98 Å². The van der Waals surface area contributed by atoms with Gasteiger partial charge in [0.25, 0.3) is 0 Å². The van der Waals surface area contributed by atoms with Crippen molar-refractivity contribution >= 4 is 17.5 Å². The maximum Gasteiger partial charge on any atom is 0.225 e. The SMILES string of the molecule is Cc1cc(C)c(Nc2cc(C)nc(NCc3ccc(F)cc3)n2)c(C)c1. The second-order valence-corrected chi connectivity index (χ2v) is 6.60. The average molecular weight is 350 g/mol. The molecule has 0 spiro atoms. The molecule has 0 saturated heterocycles. The van der Waals surface area contributed by atoms with Crippen molar-refractivity contribution in [3.8, 4) is 0 Å². The quantitative estimate of drug-likeness (QED) is 0.663. The van der Waals surface area contributed by atoms with Crippen LogP contribution in [0.4, 0.5) is 21.8 Å². The highest BCUT2D eigenvalue weighted by molar-refractivity contribution is 5.66. The fourth-order valence-electron chi connectivity index (χ4n) is 3.00. The van der Waals surface area contributed by atoms with Crippen LogP contribution < -0.4 is 10.6 Å². The molecule has 2 aromatic carbocycles. The molecule has 0 amide bonds. The molecule has 3 aromatic rings. The highest BCUT2D eigenvalue weighted by Crippen LogP contribution is 2.25. The molecule has 2 N–H and O–H groups in total. The van der Waals surface area contributed by atoms with Gasteiger partial charge in [0.2, 0.25) is 5.95 Å². The van der Waals surface area contributed by atoms with Crippen LogP contribution in [0.1, 0.15) is 27.9 Å². The first-order chi connectivity index (χ1) is 12.4. The molecule has 0 unspecified atom stereocenters. The Morgan fingerprint density at radius 3 is 2.19 bits per heavy atom. The van der Waals surface area contributed by atoms with Gasteiger partial charge in [-0.05, 0) is 56.5 Å². The van der Waals surface area contributed by atoms with Gasteiger partial charge in [0.1, 0.15) is 11.6 Å². The fourth-order valence-corrected chi connectivity index (χ4v) is 3.00. The van der Waals surface area contributed by atoms with E-state index in [9.17, 15) is 4.39 Å². The van der Waals surface area contributed by atoms with Gasteiger partial charge >= 0.3 is 0 Å². The van der Waals surface area contributed by atoms with E-state index in [-0.39, 0.29) is 5.82 Å². The van der Waals surface area contributed by atoms with Gasteiger partial charge in [0.15, 0.2) is 0 Å². The average Bonchev–Trinajstić information content (AvgIpc) is 2.57. The van der Waals surface area contributed by atoms with E-state index >= 15 is 0 Å². The minimum Gasteiger partial charge on any atom is -0.350 e. The van der Waals surface area contributed by atoms with Gasteiger partial charge in [0.05, 0.1) is 0 Å². The topological polar surface area (TPSA) is 49.8 Å². The molecular formula is C21H23FN4. The first-order valence-corrected chi connectivity index (χ1v) is 8.59. The van der Waals surface area contributed by atoms with Gasteiger partial charge in [-0.25, -0.2) is 9.37 Å². The molecule has 26 heavy (non-hydrogen) atoms. The van der Waals surface area contributed by atoms with Gasteiger partial charge < -0.3 is 10.6 Å². The lowest BCUT2D eigenvalue weighted by atomic mass is 10.1. The summed E-state index contributed by atoms with van der Waals surface area (Å²) in [6.45, 7) is 8.74. The van der Waals surface area contributed by atoms with Crippen LogP contribution in [0.2, 0.25) is 0 Å². The summed E-state index contributed by atoms with van der Waals surface area (Å²) in [4.78, 5) is 8.99. The van der Waals surface area contributed by atoms with Crippen molar-refractivity contribution in [1.82, 2.24) is 9.97 Å². The first-order valence-electron chi connectivity index (χ1n) is 8.59. The predicted molar refractivity (Wildman–Crippen MR) is 104 cm³/mol. The van der Waals surface area contributed by atoms with Crippen molar-refractivity contribution in [3.63, 3.8) is 0 Å². The van der Waals surface area contributed by atoms with Crippen LogP contribution in [-0.2, 0) is 6.54 Å². The molecule has 0 bridgehead atoms. The smallest absolute Gasteiger partial charge is 0.225 e. The van der Waals surface area contributed by atoms with Crippen LogP contribution in [0.25, 0.3) is 0 Å². The largest absolute Gasteiger partial charge is 0.350 e. The second kappa shape index (κ2) is 7.52. The van der Waals surface area contributed by atoms with Crippen molar-refractivity contribution in [2.75, 3.05) is 10.6 Å². The summed E-state index contributed by atoms with van der Waals surface area (Å²) in [6.07, 6.45) is 0. The van der Waals surface area contributed by atoms with Crippen LogP contribution in [0.15, 0.2) is 42.5 Å². The van der Waals surface area contributed by atoms with Gasteiger partial charge in [-0.1, -0.05) is 29.8 Å². The minimum atomic E-state index is -0.240. The summed E-state index contributed by atoms with van der Waals surface area (Å²) in [5.41, 5.74) is 6.51. The van der Waals surface area contributed by atoms with E-state index in [0.717, 1.165) is 22.8 Å². The van der Waals surface area contributed by atoms with E-state index in [1.807, 2.05) is 13.0 Å². The lowest BCUT2D eigenvalue weighted by Crippen LogP contribution is -2.07. The molecule has 0 atom stereocenters. The summed E-state index contributed by atoms with van der Waals surface area (Å²) in [5.74, 6) is 1.05. The molecule has 0 fully saturated rings. The third-order valence-corrected chi connectivity index (χ3v) is 4.15. The molecule has 0 saturated carbocycles.